The van der Waals surface area contributed by atoms with Gasteiger partial charge < -0.3 is 14.9 Å². The van der Waals surface area contributed by atoms with Crippen molar-refractivity contribution in [3.8, 4) is 16.2 Å². The standard InChI is InChI=1S/C25H38O3S/c1-2-3-4-5-6-7-8-9-10-11-12-24-17-18-25(29-24)21-13-15-23(16-14-21)28-20-22(27)19-26/h13-18,22,26-27H,2-12,19-20H2,1H3. The van der Waals surface area contributed by atoms with Crippen molar-refractivity contribution >= 4 is 11.3 Å². The molecule has 0 saturated carbocycles. The van der Waals surface area contributed by atoms with E-state index in [4.69, 9.17) is 9.84 Å². The number of benzene rings is 1. The Balaban J connectivity index is 1.62. The predicted molar refractivity (Wildman–Crippen MR) is 124 cm³/mol. The molecule has 0 aliphatic rings. The van der Waals surface area contributed by atoms with Crippen LogP contribution in [0, 0.1) is 0 Å². The number of aliphatic hydroxyl groups excluding tert-OH is 2. The molecule has 162 valence electrons. The quantitative estimate of drug-likeness (QED) is 0.302. The smallest absolute Gasteiger partial charge is 0.119 e. The van der Waals surface area contributed by atoms with Gasteiger partial charge in [-0.3, -0.25) is 0 Å². The summed E-state index contributed by atoms with van der Waals surface area (Å²) in [5, 5.41) is 18.2. The second-order valence-corrected chi connectivity index (χ2v) is 9.04. The molecule has 0 bridgehead atoms. The predicted octanol–water partition coefficient (Wildman–Crippen LogP) is 6.61. The molecule has 2 N–H and O–H groups in total. The molecule has 0 aliphatic carbocycles. The molecule has 2 aromatic rings. The number of hydrogen-bond acceptors (Lipinski definition) is 4. The van der Waals surface area contributed by atoms with Gasteiger partial charge in [-0.1, -0.05) is 64.7 Å². The number of rotatable bonds is 16. The van der Waals surface area contributed by atoms with Crippen LogP contribution in [-0.4, -0.2) is 29.5 Å². The van der Waals surface area contributed by atoms with Gasteiger partial charge in [0.05, 0.1) is 6.61 Å². The third-order valence-electron chi connectivity index (χ3n) is 5.23. The van der Waals surface area contributed by atoms with Crippen molar-refractivity contribution in [3.05, 3.63) is 41.3 Å². The van der Waals surface area contributed by atoms with Crippen LogP contribution in [-0.2, 0) is 6.42 Å². The zero-order chi connectivity index (χ0) is 20.7. The lowest BCUT2D eigenvalue weighted by Gasteiger charge is -2.10. The fraction of sp³-hybridized carbons (Fsp3) is 0.600. The molecule has 0 saturated heterocycles. The Hall–Kier alpha value is -1.36. The fourth-order valence-corrected chi connectivity index (χ4v) is 4.47. The van der Waals surface area contributed by atoms with E-state index in [1.54, 1.807) is 0 Å². The molecule has 1 aromatic heterocycles. The van der Waals surface area contributed by atoms with E-state index < -0.39 is 6.10 Å². The van der Waals surface area contributed by atoms with Gasteiger partial charge >= 0.3 is 0 Å². The van der Waals surface area contributed by atoms with Crippen LogP contribution in [0.1, 0.15) is 76.0 Å². The van der Waals surface area contributed by atoms with Gasteiger partial charge in [-0.2, -0.15) is 0 Å². The summed E-state index contributed by atoms with van der Waals surface area (Å²) in [4.78, 5) is 2.75. The highest BCUT2D eigenvalue weighted by Crippen LogP contribution is 2.30. The second kappa shape index (κ2) is 14.6. The summed E-state index contributed by atoms with van der Waals surface area (Å²) in [6, 6.07) is 12.4. The number of aryl methyl sites for hydroxylation is 1. The molecule has 2 rings (SSSR count). The molecule has 0 fully saturated rings. The minimum absolute atomic E-state index is 0.109. The number of unbranched alkanes of at least 4 members (excludes halogenated alkanes) is 9. The van der Waals surface area contributed by atoms with E-state index in [-0.39, 0.29) is 13.2 Å². The van der Waals surface area contributed by atoms with Gasteiger partial charge in [0.1, 0.15) is 18.5 Å². The Morgan fingerprint density at radius 1 is 0.828 bits per heavy atom. The van der Waals surface area contributed by atoms with Crippen molar-refractivity contribution < 1.29 is 14.9 Å². The maximum absolute atomic E-state index is 9.35. The van der Waals surface area contributed by atoms with Gasteiger partial charge in [0.2, 0.25) is 0 Å². The number of thiophene rings is 1. The molecule has 0 aliphatic heterocycles. The van der Waals surface area contributed by atoms with E-state index in [0.29, 0.717) is 5.75 Å². The second-order valence-electron chi connectivity index (χ2n) is 7.87. The topological polar surface area (TPSA) is 49.7 Å². The number of aliphatic hydroxyl groups is 2. The largest absolute Gasteiger partial charge is 0.491 e. The van der Waals surface area contributed by atoms with Crippen LogP contribution in [0.4, 0.5) is 0 Å². The van der Waals surface area contributed by atoms with E-state index in [1.165, 1.54) is 85.9 Å². The molecule has 4 heteroatoms. The van der Waals surface area contributed by atoms with Gasteiger partial charge in [0.15, 0.2) is 0 Å². The van der Waals surface area contributed by atoms with Gasteiger partial charge in [-0.05, 0) is 54.8 Å². The Morgan fingerprint density at radius 3 is 2.07 bits per heavy atom. The van der Waals surface area contributed by atoms with Crippen LogP contribution in [0.5, 0.6) is 5.75 Å². The Bertz CT molecular complexity index is 650. The van der Waals surface area contributed by atoms with E-state index in [1.807, 2.05) is 23.5 Å². The maximum atomic E-state index is 9.35. The summed E-state index contributed by atoms with van der Waals surface area (Å²) in [6.07, 6.45) is 14.1. The lowest BCUT2D eigenvalue weighted by atomic mass is 10.1. The monoisotopic (exact) mass is 418 g/mol. The van der Waals surface area contributed by atoms with E-state index in [2.05, 4.69) is 31.2 Å². The minimum atomic E-state index is -0.833. The molecule has 3 nitrogen and oxygen atoms in total. The average Bonchev–Trinajstić information content (AvgIpc) is 3.22. The molecule has 1 unspecified atom stereocenters. The summed E-state index contributed by atoms with van der Waals surface area (Å²) >= 11 is 1.88. The first-order chi connectivity index (χ1) is 14.2. The number of hydrogen-bond donors (Lipinski definition) is 2. The van der Waals surface area contributed by atoms with E-state index in [0.717, 1.165) is 0 Å². The van der Waals surface area contributed by atoms with Crippen LogP contribution in [0.15, 0.2) is 36.4 Å². The van der Waals surface area contributed by atoms with Crippen LogP contribution in [0.25, 0.3) is 10.4 Å². The first kappa shape index (κ1) is 23.9. The normalized spacial score (nSPS) is 12.2. The Kier molecular flexibility index (Phi) is 12.0. The van der Waals surface area contributed by atoms with Crippen molar-refractivity contribution in [3.63, 3.8) is 0 Å². The van der Waals surface area contributed by atoms with E-state index in [9.17, 15) is 5.11 Å². The first-order valence-corrected chi connectivity index (χ1v) is 12.2. The van der Waals surface area contributed by atoms with Gasteiger partial charge in [0, 0.05) is 9.75 Å². The van der Waals surface area contributed by atoms with Gasteiger partial charge in [0.25, 0.3) is 0 Å². The van der Waals surface area contributed by atoms with E-state index >= 15 is 0 Å². The summed E-state index contributed by atoms with van der Waals surface area (Å²) in [5.41, 5.74) is 1.19. The van der Waals surface area contributed by atoms with Crippen molar-refractivity contribution in [1.82, 2.24) is 0 Å². The summed E-state index contributed by atoms with van der Waals surface area (Å²) in [7, 11) is 0. The van der Waals surface area contributed by atoms with Gasteiger partial charge in [-0.25, -0.2) is 0 Å². The molecule has 1 aromatic carbocycles. The lowest BCUT2D eigenvalue weighted by Crippen LogP contribution is -2.21. The van der Waals surface area contributed by atoms with Crippen molar-refractivity contribution in [2.45, 2.75) is 83.7 Å². The fourth-order valence-electron chi connectivity index (χ4n) is 3.41. The third-order valence-corrected chi connectivity index (χ3v) is 6.42. The van der Waals surface area contributed by atoms with Crippen molar-refractivity contribution in [2.75, 3.05) is 13.2 Å². The van der Waals surface area contributed by atoms with Crippen molar-refractivity contribution in [1.29, 1.82) is 0 Å². The molecule has 1 heterocycles. The molecule has 29 heavy (non-hydrogen) atoms. The highest BCUT2D eigenvalue weighted by Gasteiger charge is 2.06. The number of ether oxygens (including phenoxy) is 1. The van der Waals surface area contributed by atoms with Crippen LogP contribution in [0.2, 0.25) is 0 Å². The third kappa shape index (κ3) is 9.79. The van der Waals surface area contributed by atoms with Crippen LogP contribution < -0.4 is 4.74 Å². The molecular weight excluding hydrogens is 380 g/mol. The molecule has 0 radical (unpaired) electrons. The lowest BCUT2D eigenvalue weighted by molar-refractivity contribution is 0.0536. The zero-order valence-electron chi connectivity index (χ0n) is 17.9. The van der Waals surface area contributed by atoms with Gasteiger partial charge in [-0.15, -0.1) is 11.3 Å². The SMILES string of the molecule is CCCCCCCCCCCCc1ccc(-c2ccc(OCC(O)CO)cc2)s1. The summed E-state index contributed by atoms with van der Waals surface area (Å²) in [5.74, 6) is 0.711. The zero-order valence-corrected chi connectivity index (χ0v) is 18.8. The summed E-state index contributed by atoms with van der Waals surface area (Å²) < 4.78 is 5.47. The Morgan fingerprint density at radius 2 is 1.45 bits per heavy atom. The van der Waals surface area contributed by atoms with Crippen molar-refractivity contribution in [2.24, 2.45) is 0 Å². The molecule has 1 atom stereocenters. The van der Waals surface area contributed by atoms with Crippen LogP contribution in [0.3, 0.4) is 0 Å². The molecular formula is C25H38O3S. The highest BCUT2D eigenvalue weighted by atomic mass is 32.1. The average molecular weight is 419 g/mol. The maximum Gasteiger partial charge on any atom is 0.119 e. The molecule has 0 amide bonds. The molecule has 0 spiro atoms. The Labute approximate surface area is 180 Å². The summed E-state index contributed by atoms with van der Waals surface area (Å²) in [6.45, 7) is 2.10. The first-order valence-electron chi connectivity index (χ1n) is 11.3. The highest BCUT2D eigenvalue weighted by molar-refractivity contribution is 7.15. The van der Waals surface area contributed by atoms with Crippen LogP contribution >= 0.6 is 11.3 Å². The minimum Gasteiger partial charge on any atom is -0.491 e.